The lowest BCUT2D eigenvalue weighted by atomic mass is 9.71. The average Bonchev–Trinajstić information content (AvgIpc) is 2.59. The predicted molar refractivity (Wildman–Crippen MR) is 117 cm³/mol. The molecule has 148 valence electrons. The summed E-state index contributed by atoms with van der Waals surface area (Å²) >= 11 is 0. The maximum atomic E-state index is 11.1. The van der Waals surface area contributed by atoms with Gasteiger partial charge in [-0.25, -0.2) is 0 Å². The maximum Gasteiger partial charge on any atom is 0.127 e. The van der Waals surface area contributed by atoms with Gasteiger partial charge < -0.3 is 5.11 Å². The van der Waals surface area contributed by atoms with Crippen LogP contribution >= 0.6 is 0 Å². The molecule has 2 aromatic rings. The molecule has 0 atom stereocenters. The number of hydrogen-bond acceptors (Lipinski definition) is 2. The summed E-state index contributed by atoms with van der Waals surface area (Å²) in [5.41, 5.74) is 4.62. The summed E-state index contributed by atoms with van der Waals surface area (Å²) in [6, 6.07) is 14.7. The van der Waals surface area contributed by atoms with Crippen molar-refractivity contribution in [2.75, 3.05) is 13.1 Å². The van der Waals surface area contributed by atoms with E-state index < -0.39 is 0 Å². The van der Waals surface area contributed by atoms with Crippen LogP contribution in [-0.2, 0) is 12.0 Å². The molecule has 27 heavy (non-hydrogen) atoms. The van der Waals surface area contributed by atoms with E-state index in [2.05, 4.69) is 77.6 Å². The summed E-state index contributed by atoms with van der Waals surface area (Å²) in [6.07, 6.45) is 1.09. The van der Waals surface area contributed by atoms with Crippen molar-refractivity contribution in [1.29, 1.82) is 0 Å². The molecule has 2 nitrogen and oxygen atoms in total. The Balaban J connectivity index is 2.60. The van der Waals surface area contributed by atoms with Gasteiger partial charge in [0.15, 0.2) is 0 Å². The highest BCUT2D eigenvalue weighted by Crippen LogP contribution is 2.41. The Kier molecular flexibility index (Phi) is 6.75. The molecule has 0 unspecified atom stereocenters. The van der Waals surface area contributed by atoms with Crippen LogP contribution < -0.4 is 0 Å². The molecule has 2 heteroatoms. The summed E-state index contributed by atoms with van der Waals surface area (Å²) in [5, 5.41) is 11.1. The summed E-state index contributed by atoms with van der Waals surface area (Å²) in [4.78, 5) is 2.35. The van der Waals surface area contributed by atoms with Gasteiger partial charge in [-0.15, -0.1) is 0 Å². The van der Waals surface area contributed by atoms with E-state index >= 15 is 0 Å². The normalized spacial score (nSPS) is 12.6. The largest absolute Gasteiger partial charge is 0.507 e. The van der Waals surface area contributed by atoms with Gasteiger partial charge in [0.25, 0.3) is 0 Å². The van der Waals surface area contributed by atoms with E-state index in [1.54, 1.807) is 0 Å². The summed E-state index contributed by atoms with van der Waals surface area (Å²) < 4.78 is 0. The average molecular weight is 368 g/mol. The van der Waals surface area contributed by atoms with Gasteiger partial charge in [0, 0.05) is 17.7 Å². The molecule has 0 saturated carbocycles. The molecular formula is C25H37NO. The lowest BCUT2D eigenvalue weighted by Gasteiger charge is -2.34. The molecule has 0 amide bonds. The minimum absolute atomic E-state index is 0.0352. The van der Waals surface area contributed by atoms with Crippen molar-refractivity contribution in [3.63, 3.8) is 0 Å². The second-order valence-electron chi connectivity index (χ2n) is 9.48. The van der Waals surface area contributed by atoms with Crippen LogP contribution in [0.5, 0.6) is 5.75 Å². The predicted octanol–water partition coefficient (Wildman–Crippen LogP) is 6.61. The smallest absolute Gasteiger partial charge is 0.127 e. The van der Waals surface area contributed by atoms with Crippen molar-refractivity contribution in [2.24, 2.45) is 5.41 Å². The molecule has 1 N–H and O–H groups in total. The number of nitrogens with zero attached hydrogens (tertiary/aromatic N) is 1. The Hall–Kier alpha value is -1.80. The van der Waals surface area contributed by atoms with Crippen LogP contribution in [0.4, 0.5) is 0 Å². The standard InChI is InChI=1S/C25H37NO/c1-8-26(9-2)17-20-15-21(25(6,7)18-24(3,4)5)16-22(23(20)27)19-13-11-10-12-14-19/h10-16,27H,8-9,17-18H2,1-7H3. The molecule has 0 saturated heterocycles. The minimum atomic E-state index is 0.0352. The molecule has 0 aliphatic heterocycles. The van der Waals surface area contributed by atoms with Crippen LogP contribution in [0.1, 0.15) is 66.0 Å². The lowest BCUT2D eigenvalue weighted by Crippen LogP contribution is -2.26. The third-order valence-electron chi connectivity index (χ3n) is 5.32. The third kappa shape index (κ3) is 5.59. The highest BCUT2D eigenvalue weighted by Gasteiger charge is 2.29. The zero-order valence-corrected chi connectivity index (χ0v) is 18.3. The molecular weight excluding hydrogens is 330 g/mol. The lowest BCUT2D eigenvalue weighted by molar-refractivity contribution is 0.280. The Bertz CT molecular complexity index is 737. The van der Waals surface area contributed by atoms with E-state index in [4.69, 9.17) is 0 Å². The van der Waals surface area contributed by atoms with Gasteiger partial charge in [0.2, 0.25) is 0 Å². The second-order valence-corrected chi connectivity index (χ2v) is 9.48. The molecule has 2 aromatic carbocycles. The third-order valence-corrected chi connectivity index (χ3v) is 5.32. The van der Waals surface area contributed by atoms with E-state index in [1.807, 2.05) is 18.2 Å². The SMILES string of the molecule is CCN(CC)Cc1cc(C(C)(C)CC(C)(C)C)cc(-c2ccccc2)c1O. The van der Waals surface area contributed by atoms with Gasteiger partial charge in [0.05, 0.1) is 0 Å². The van der Waals surface area contributed by atoms with E-state index in [1.165, 1.54) is 5.56 Å². The van der Waals surface area contributed by atoms with Crippen LogP contribution in [0.15, 0.2) is 42.5 Å². The first-order valence-electron chi connectivity index (χ1n) is 10.2. The van der Waals surface area contributed by atoms with E-state index in [9.17, 15) is 5.11 Å². The van der Waals surface area contributed by atoms with Crippen LogP contribution in [0, 0.1) is 5.41 Å². The van der Waals surface area contributed by atoms with Crippen molar-refractivity contribution in [2.45, 2.75) is 66.8 Å². The van der Waals surface area contributed by atoms with Gasteiger partial charge in [-0.2, -0.15) is 0 Å². The molecule has 0 fully saturated rings. The highest BCUT2D eigenvalue weighted by molar-refractivity contribution is 5.73. The van der Waals surface area contributed by atoms with Crippen molar-refractivity contribution in [3.05, 3.63) is 53.6 Å². The zero-order chi connectivity index (χ0) is 20.2. The molecule has 0 bridgehead atoms. The fourth-order valence-corrected chi connectivity index (χ4v) is 4.16. The summed E-state index contributed by atoms with van der Waals surface area (Å²) in [7, 11) is 0. The van der Waals surface area contributed by atoms with Crippen molar-refractivity contribution in [3.8, 4) is 16.9 Å². The molecule has 0 radical (unpaired) electrons. The topological polar surface area (TPSA) is 23.5 Å². The Morgan fingerprint density at radius 2 is 1.48 bits per heavy atom. The molecule has 0 spiro atoms. The number of benzene rings is 2. The molecule has 0 aromatic heterocycles. The monoisotopic (exact) mass is 367 g/mol. The molecule has 2 rings (SSSR count). The van der Waals surface area contributed by atoms with Crippen LogP contribution in [0.3, 0.4) is 0 Å². The van der Waals surface area contributed by atoms with Crippen molar-refractivity contribution >= 4 is 0 Å². The molecule has 0 aliphatic carbocycles. The van der Waals surface area contributed by atoms with E-state index in [0.717, 1.165) is 42.7 Å². The first-order chi connectivity index (χ1) is 12.6. The number of phenolic OH excluding ortho intramolecular Hbond substituents is 1. The quantitative estimate of drug-likeness (QED) is 0.595. The fourth-order valence-electron chi connectivity index (χ4n) is 4.16. The van der Waals surface area contributed by atoms with Gasteiger partial charge in [-0.3, -0.25) is 4.90 Å². The number of phenols is 1. The van der Waals surface area contributed by atoms with Crippen LogP contribution in [0.25, 0.3) is 11.1 Å². The Labute approximate surface area is 166 Å². The van der Waals surface area contributed by atoms with Crippen LogP contribution in [0.2, 0.25) is 0 Å². The highest BCUT2D eigenvalue weighted by atomic mass is 16.3. The van der Waals surface area contributed by atoms with Gasteiger partial charge >= 0.3 is 0 Å². The summed E-state index contributed by atoms with van der Waals surface area (Å²) in [6.45, 7) is 18.6. The minimum Gasteiger partial charge on any atom is -0.507 e. The first kappa shape index (κ1) is 21.5. The number of hydrogen-bond donors (Lipinski definition) is 1. The van der Waals surface area contributed by atoms with Crippen LogP contribution in [-0.4, -0.2) is 23.1 Å². The Morgan fingerprint density at radius 3 is 2.00 bits per heavy atom. The maximum absolute atomic E-state index is 11.1. The van der Waals surface area contributed by atoms with Gasteiger partial charge in [-0.05, 0) is 47.5 Å². The van der Waals surface area contributed by atoms with E-state index in [-0.39, 0.29) is 10.8 Å². The van der Waals surface area contributed by atoms with Crippen molar-refractivity contribution < 1.29 is 5.11 Å². The van der Waals surface area contributed by atoms with Gasteiger partial charge in [0.1, 0.15) is 5.75 Å². The fraction of sp³-hybridized carbons (Fsp3) is 0.520. The summed E-state index contributed by atoms with van der Waals surface area (Å²) in [5.74, 6) is 0.420. The number of aromatic hydroxyl groups is 1. The van der Waals surface area contributed by atoms with Gasteiger partial charge in [-0.1, -0.05) is 84.9 Å². The molecule has 0 aliphatic rings. The Morgan fingerprint density at radius 1 is 0.889 bits per heavy atom. The molecule has 0 heterocycles. The first-order valence-corrected chi connectivity index (χ1v) is 10.2. The zero-order valence-electron chi connectivity index (χ0n) is 18.3. The van der Waals surface area contributed by atoms with Crippen molar-refractivity contribution in [1.82, 2.24) is 4.90 Å². The second kappa shape index (κ2) is 8.48. The van der Waals surface area contributed by atoms with E-state index in [0.29, 0.717) is 5.75 Å². The number of rotatable bonds is 7.